The summed E-state index contributed by atoms with van der Waals surface area (Å²) in [5, 5.41) is 0.856. The molecule has 1 aliphatic rings. The Morgan fingerprint density at radius 1 is 0.800 bits per heavy atom. The lowest BCUT2D eigenvalue weighted by atomic mass is 10.1. The summed E-state index contributed by atoms with van der Waals surface area (Å²) in [6, 6.07) is 30.5. The van der Waals surface area contributed by atoms with Gasteiger partial charge in [-0.1, -0.05) is 103 Å². The molecule has 0 radical (unpaired) electrons. The van der Waals surface area contributed by atoms with Crippen LogP contribution in [0.1, 0.15) is 22.9 Å². The van der Waals surface area contributed by atoms with Crippen LogP contribution in [0, 0.1) is 0 Å². The lowest BCUT2D eigenvalue weighted by Gasteiger charge is -2.26. The smallest absolute Gasteiger partial charge is 0.172 e. The molecule has 5 aromatic rings. The minimum absolute atomic E-state index is 0.350. The molecule has 0 N–H and O–H groups in total. The van der Waals surface area contributed by atoms with Crippen LogP contribution in [-0.2, 0) is 38.8 Å². The van der Waals surface area contributed by atoms with Gasteiger partial charge in [0.1, 0.15) is 23.8 Å². The third-order valence-electron chi connectivity index (χ3n) is 6.88. The van der Waals surface area contributed by atoms with E-state index in [0.29, 0.717) is 26.4 Å². The van der Waals surface area contributed by atoms with Crippen molar-refractivity contribution in [1.29, 1.82) is 0 Å². The highest BCUT2D eigenvalue weighted by molar-refractivity contribution is 7.98. The second-order valence-electron chi connectivity index (χ2n) is 9.57. The molecule has 7 nitrogen and oxygen atoms in total. The summed E-state index contributed by atoms with van der Waals surface area (Å²) < 4.78 is 32.7. The standard InChI is InChI=1S/C31H31N3O4S2/c1-39-31-33-29-25(17-32-40-29)34(31)30-28(37-20-24-15-9-4-10-16-24)27(36-19-23-13-7-3-8-14-23)26(38-30)21-35-18-22-11-5-2-6-12-22/h2-17,26-28,30H,18-21H2,1H3/t26-,27-,28+,30-/m1/s1. The molecule has 2 aromatic heterocycles. The number of hydrogen-bond donors (Lipinski definition) is 0. The van der Waals surface area contributed by atoms with Crippen molar-refractivity contribution in [1.82, 2.24) is 13.9 Å². The van der Waals surface area contributed by atoms with Crippen LogP contribution in [0.4, 0.5) is 0 Å². The molecule has 40 heavy (non-hydrogen) atoms. The predicted octanol–water partition coefficient (Wildman–Crippen LogP) is 6.50. The molecule has 0 bridgehead atoms. The zero-order valence-corrected chi connectivity index (χ0v) is 23.8. The number of rotatable bonds is 12. The molecule has 4 atom stereocenters. The maximum atomic E-state index is 6.78. The fraction of sp³-hybridized carbons (Fsp3) is 0.290. The van der Waals surface area contributed by atoms with Gasteiger partial charge in [0, 0.05) is 0 Å². The van der Waals surface area contributed by atoms with Crippen LogP contribution < -0.4 is 0 Å². The Morgan fingerprint density at radius 2 is 1.38 bits per heavy atom. The van der Waals surface area contributed by atoms with Gasteiger partial charge >= 0.3 is 0 Å². The Hall–Kier alpha value is -3.05. The minimum Gasteiger partial charge on any atom is -0.374 e. The zero-order chi connectivity index (χ0) is 27.1. The average molecular weight is 574 g/mol. The first-order valence-electron chi connectivity index (χ1n) is 13.2. The van der Waals surface area contributed by atoms with Gasteiger partial charge in [-0.25, -0.2) is 4.98 Å². The molecular weight excluding hydrogens is 542 g/mol. The molecule has 3 heterocycles. The van der Waals surface area contributed by atoms with E-state index >= 15 is 0 Å². The predicted molar refractivity (Wildman–Crippen MR) is 157 cm³/mol. The Kier molecular flexibility index (Phi) is 8.87. The number of imidazole rings is 1. The third-order valence-corrected chi connectivity index (χ3v) is 8.22. The lowest BCUT2D eigenvalue weighted by Crippen LogP contribution is -2.38. The van der Waals surface area contributed by atoms with E-state index in [1.54, 1.807) is 11.8 Å². The Labute approximate surface area is 242 Å². The van der Waals surface area contributed by atoms with Crippen LogP contribution in [0.3, 0.4) is 0 Å². The molecule has 206 valence electrons. The maximum Gasteiger partial charge on any atom is 0.172 e. The van der Waals surface area contributed by atoms with Gasteiger partial charge in [-0.2, -0.15) is 4.37 Å². The fourth-order valence-electron chi connectivity index (χ4n) is 4.93. The van der Waals surface area contributed by atoms with Gasteiger partial charge in [-0.15, -0.1) is 0 Å². The van der Waals surface area contributed by atoms with Gasteiger partial charge in [0.05, 0.1) is 32.6 Å². The lowest BCUT2D eigenvalue weighted by molar-refractivity contribution is -0.0920. The van der Waals surface area contributed by atoms with Gasteiger partial charge in [0.25, 0.3) is 0 Å². The summed E-state index contributed by atoms with van der Waals surface area (Å²) in [4.78, 5) is 5.68. The van der Waals surface area contributed by atoms with E-state index in [1.807, 2.05) is 67.0 Å². The summed E-state index contributed by atoms with van der Waals surface area (Å²) in [5.41, 5.74) is 4.22. The summed E-state index contributed by atoms with van der Waals surface area (Å²) in [5.74, 6) is 0. The molecule has 6 rings (SSSR count). The van der Waals surface area contributed by atoms with Crippen LogP contribution in [0.2, 0.25) is 0 Å². The summed E-state index contributed by atoms with van der Waals surface area (Å²) in [7, 11) is 0. The quantitative estimate of drug-likeness (QED) is 0.158. The zero-order valence-electron chi connectivity index (χ0n) is 22.2. The molecule has 3 aromatic carbocycles. The molecule has 0 unspecified atom stereocenters. The van der Waals surface area contributed by atoms with Crippen molar-refractivity contribution in [3.05, 3.63) is 114 Å². The van der Waals surface area contributed by atoms with E-state index in [0.717, 1.165) is 32.2 Å². The van der Waals surface area contributed by atoms with E-state index in [1.165, 1.54) is 11.5 Å². The highest BCUT2D eigenvalue weighted by atomic mass is 32.2. The molecule has 0 spiro atoms. The topological polar surface area (TPSA) is 67.6 Å². The second-order valence-corrected chi connectivity index (χ2v) is 11.1. The first-order chi connectivity index (χ1) is 19.8. The van der Waals surface area contributed by atoms with Crippen molar-refractivity contribution in [3.63, 3.8) is 0 Å². The average Bonchev–Trinajstić information content (AvgIpc) is 3.69. The molecule has 0 saturated carbocycles. The Balaban J connectivity index is 1.31. The Morgan fingerprint density at radius 3 is 1.98 bits per heavy atom. The Bertz CT molecular complexity index is 1480. The number of hydrogen-bond acceptors (Lipinski definition) is 8. The number of fused-ring (bicyclic) bond motifs is 1. The molecular formula is C31H31N3O4S2. The normalized spacial score (nSPS) is 20.8. The highest BCUT2D eigenvalue weighted by Gasteiger charge is 2.48. The molecule has 0 aliphatic carbocycles. The van der Waals surface area contributed by atoms with Crippen LogP contribution in [-0.4, -0.2) is 45.1 Å². The van der Waals surface area contributed by atoms with Gasteiger partial charge in [0.15, 0.2) is 16.2 Å². The van der Waals surface area contributed by atoms with Crippen molar-refractivity contribution < 1.29 is 18.9 Å². The highest BCUT2D eigenvalue weighted by Crippen LogP contribution is 2.40. The van der Waals surface area contributed by atoms with E-state index < -0.39 is 12.3 Å². The van der Waals surface area contributed by atoms with Crippen molar-refractivity contribution in [2.45, 2.75) is 49.5 Å². The number of thioether (sulfide) groups is 1. The number of aromatic nitrogens is 3. The number of nitrogens with zero attached hydrogens (tertiary/aromatic N) is 3. The maximum absolute atomic E-state index is 6.78. The largest absolute Gasteiger partial charge is 0.374 e. The van der Waals surface area contributed by atoms with Crippen LogP contribution in [0.15, 0.2) is 102 Å². The summed E-state index contributed by atoms with van der Waals surface area (Å²) in [6.07, 6.45) is 2.29. The van der Waals surface area contributed by atoms with Gasteiger partial charge in [0.2, 0.25) is 0 Å². The van der Waals surface area contributed by atoms with Gasteiger partial charge in [-0.3, -0.25) is 4.57 Å². The van der Waals surface area contributed by atoms with E-state index in [9.17, 15) is 0 Å². The summed E-state index contributed by atoms with van der Waals surface area (Å²) in [6.45, 7) is 1.73. The molecule has 0 amide bonds. The van der Waals surface area contributed by atoms with Crippen molar-refractivity contribution in [2.75, 3.05) is 12.9 Å². The van der Waals surface area contributed by atoms with Crippen molar-refractivity contribution in [3.8, 4) is 0 Å². The van der Waals surface area contributed by atoms with Crippen molar-refractivity contribution >= 4 is 33.6 Å². The molecule has 1 fully saturated rings. The van der Waals surface area contributed by atoms with Crippen molar-refractivity contribution in [2.24, 2.45) is 0 Å². The minimum atomic E-state index is -0.460. The van der Waals surface area contributed by atoms with E-state index in [2.05, 4.69) is 45.3 Å². The van der Waals surface area contributed by atoms with Gasteiger partial charge < -0.3 is 18.9 Å². The first-order valence-corrected chi connectivity index (χ1v) is 15.2. The van der Waals surface area contributed by atoms with Crippen LogP contribution in [0.5, 0.6) is 0 Å². The first kappa shape index (κ1) is 27.1. The SMILES string of the molecule is CSc1nc2sncc2n1[C@@H]1O[C@H](COCc2ccccc2)[C@@H](OCc2ccccc2)[C@@H]1OCc1ccccc1. The van der Waals surface area contributed by atoms with E-state index in [-0.39, 0.29) is 12.2 Å². The van der Waals surface area contributed by atoms with E-state index in [4.69, 9.17) is 23.9 Å². The monoisotopic (exact) mass is 573 g/mol. The number of benzene rings is 3. The molecule has 1 aliphatic heterocycles. The second kappa shape index (κ2) is 13.1. The molecule has 9 heteroatoms. The van der Waals surface area contributed by atoms with Crippen LogP contribution >= 0.6 is 23.3 Å². The van der Waals surface area contributed by atoms with Gasteiger partial charge in [-0.05, 0) is 34.5 Å². The van der Waals surface area contributed by atoms with Crippen LogP contribution in [0.25, 0.3) is 10.3 Å². The molecule has 1 saturated heterocycles. The summed E-state index contributed by atoms with van der Waals surface area (Å²) >= 11 is 2.96. The third kappa shape index (κ3) is 6.15. The fourth-order valence-corrected chi connectivity index (χ4v) is 6.20. The number of ether oxygens (including phenoxy) is 4.